The number of carbonyl (C=O) groups is 1. The Kier molecular flexibility index (Phi) is 5.69. The highest BCUT2D eigenvalue weighted by Gasteiger charge is 2.18. The summed E-state index contributed by atoms with van der Waals surface area (Å²) in [6.45, 7) is 4.62. The Morgan fingerprint density at radius 3 is 2.67 bits per heavy atom. The van der Waals surface area contributed by atoms with Crippen molar-refractivity contribution in [3.63, 3.8) is 0 Å². The highest BCUT2D eigenvalue weighted by molar-refractivity contribution is 5.92. The number of nitrogens with one attached hydrogen (secondary N) is 1. The van der Waals surface area contributed by atoms with Crippen molar-refractivity contribution >= 4 is 11.6 Å². The number of aliphatic hydroxyl groups is 1. The minimum Gasteiger partial charge on any atom is -0.395 e. The van der Waals surface area contributed by atoms with Gasteiger partial charge >= 0.3 is 0 Å². The predicted octanol–water partition coefficient (Wildman–Crippen LogP) is 0.107. The molecule has 0 aliphatic carbocycles. The normalized spacial score (nSPS) is 16.4. The van der Waals surface area contributed by atoms with Crippen LogP contribution in [0.5, 0.6) is 0 Å². The second-order valence-electron chi connectivity index (χ2n) is 5.08. The first-order chi connectivity index (χ1) is 10.2. The van der Waals surface area contributed by atoms with Crippen LogP contribution in [-0.4, -0.2) is 66.7 Å². The molecule has 1 aliphatic heterocycles. The number of amides is 1. The molecule has 0 saturated carbocycles. The smallest absolute Gasteiger partial charge is 0.238 e. The van der Waals surface area contributed by atoms with Crippen LogP contribution in [0.15, 0.2) is 24.3 Å². The van der Waals surface area contributed by atoms with Crippen molar-refractivity contribution in [1.29, 1.82) is 5.26 Å². The molecule has 1 heterocycles. The molecule has 1 fully saturated rings. The number of benzene rings is 1. The lowest BCUT2D eigenvalue weighted by molar-refractivity contribution is -0.117. The predicted molar refractivity (Wildman–Crippen MR) is 79.8 cm³/mol. The van der Waals surface area contributed by atoms with E-state index in [1.54, 1.807) is 24.3 Å². The number of rotatable bonds is 5. The first-order valence-corrected chi connectivity index (χ1v) is 7.07. The highest BCUT2D eigenvalue weighted by Crippen LogP contribution is 2.10. The fourth-order valence-electron chi connectivity index (χ4n) is 2.38. The van der Waals surface area contributed by atoms with Crippen LogP contribution in [0.3, 0.4) is 0 Å². The van der Waals surface area contributed by atoms with Crippen LogP contribution in [0.4, 0.5) is 5.69 Å². The summed E-state index contributed by atoms with van der Waals surface area (Å²) in [5.41, 5.74) is 1.18. The minimum atomic E-state index is -0.0688. The maximum absolute atomic E-state index is 12.0. The number of carbonyl (C=O) groups excluding carboxylic acids is 1. The van der Waals surface area contributed by atoms with Crippen LogP contribution < -0.4 is 5.32 Å². The summed E-state index contributed by atoms with van der Waals surface area (Å²) in [6.07, 6.45) is 0. The summed E-state index contributed by atoms with van der Waals surface area (Å²) in [6, 6.07) is 8.95. The number of anilines is 1. The Bertz CT molecular complexity index is 519. The molecule has 1 aromatic carbocycles. The van der Waals surface area contributed by atoms with Gasteiger partial charge in [-0.05, 0) is 18.2 Å². The Morgan fingerprint density at radius 2 is 2.00 bits per heavy atom. The highest BCUT2D eigenvalue weighted by atomic mass is 16.3. The topological polar surface area (TPSA) is 79.6 Å². The van der Waals surface area contributed by atoms with Crippen molar-refractivity contribution in [3.8, 4) is 6.07 Å². The summed E-state index contributed by atoms with van der Waals surface area (Å²) in [4.78, 5) is 16.3. The molecule has 0 bridgehead atoms. The molecule has 1 aliphatic rings. The molecule has 6 nitrogen and oxygen atoms in total. The number of nitrogens with zero attached hydrogens (tertiary/aromatic N) is 3. The van der Waals surface area contributed by atoms with E-state index in [0.717, 1.165) is 26.2 Å². The van der Waals surface area contributed by atoms with E-state index in [0.29, 0.717) is 24.3 Å². The van der Waals surface area contributed by atoms with Crippen molar-refractivity contribution < 1.29 is 9.90 Å². The van der Waals surface area contributed by atoms with Gasteiger partial charge in [0.15, 0.2) is 0 Å². The number of hydrogen-bond acceptors (Lipinski definition) is 5. The van der Waals surface area contributed by atoms with Gasteiger partial charge in [-0.2, -0.15) is 5.26 Å². The third kappa shape index (κ3) is 4.83. The van der Waals surface area contributed by atoms with Gasteiger partial charge in [-0.25, -0.2) is 0 Å². The lowest BCUT2D eigenvalue weighted by atomic mass is 10.2. The SMILES string of the molecule is N#Cc1cccc(NC(=O)CN2CCN(CCO)CC2)c1. The van der Waals surface area contributed by atoms with Crippen molar-refractivity contribution in [2.45, 2.75) is 0 Å². The third-order valence-electron chi connectivity index (χ3n) is 3.52. The average molecular weight is 288 g/mol. The zero-order valence-corrected chi connectivity index (χ0v) is 12.0. The molecule has 0 spiro atoms. The summed E-state index contributed by atoms with van der Waals surface area (Å²) in [7, 11) is 0. The van der Waals surface area contributed by atoms with Crippen LogP contribution in [0.1, 0.15) is 5.56 Å². The first-order valence-electron chi connectivity index (χ1n) is 7.07. The summed E-state index contributed by atoms with van der Waals surface area (Å²) in [5, 5.41) is 20.5. The summed E-state index contributed by atoms with van der Waals surface area (Å²) >= 11 is 0. The monoisotopic (exact) mass is 288 g/mol. The molecule has 0 aromatic heterocycles. The standard InChI is InChI=1S/C15H20N4O2/c16-11-13-2-1-3-14(10-13)17-15(21)12-19-6-4-18(5-7-19)8-9-20/h1-3,10,20H,4-9,12H2,(H,17,21). The lowest BCUT2D eigenvalue weighted by Gasteiger charge is -2.33. The van der Waals surface area contributed by atoms with E-state index in [4.69, 9.17) is 10.4 Å². The van der Waals surface area contributed by atoms with Crippen molar-refractivity contribution in [1.82, 2.24) is 9.80 Å². The Labute approximate surface area is 124 Å². The van der Waals surface area contributed by atoms with Crippen LogP contribution in [0.25, 0.3) is 0 Å². The van der Waals surface area contributed by atoms with Gasteiger partial charge in [0.1, 0.15) is 0 Å². The maximum Gasteiger partial charge on any atom is 0.238 e. The van der Waals surface area contributed by atoms with Crippen LogP contribution in [0, 0.1) is 11.3 Å². The average Bonchev–Trinajstić information content (AvgIpc) is 2.49. The molecular formula is C15H20N4O2. The molecule has 0 radical (unpaired) electrons. The van der Waals surface area contributed by atoms with Crippen molar-refractivity contribution in [3.05, 3.63) is 29.8 Å². The molecule has 6 heteroatoms. The Hall–Kier alpha value is -1.94. The summed E-state index contributed by atoms with van der Waals surface area (Å²) in [5.74, 6) is -0.0688. The fraction of sp³-hybridized carbons (Fsp3) is 0.467. The number of piperazine rings is 1. The van der Waals surface area contributed by atoms with Crippen LogP contribution in [0.2, 0.25) is 0 Å². The van der Waals surface area contributed by atoms with Crippen molar-refractivity contribution in [2.75, 3.05) is 51.2 Å². The molecule has 21 heavy (non-hydrogen) atoms. The molecule has 1 saturated heterocycles. The van der Waals surface area contributed by atoms with E-state index >= 15 is 0 Å². The van der Waals surface area contributed by atoms with E-state index in [-0.39, 0.29) is 12.5 Å². The van der Waals surface area contributed by atoms with Crippen molar-refractivity contribution in [2.24, 2.45) is 0 Å². The summed E-state index contributed by atoms with van der Waals surface area (Å²) < 4.78 is 0. The number of aliphatic hydroxyl groups excluding tert-OH is 1. The molecule has 112 valence electrons. The quantitative estimate of drug-likeness (QED) is 0.804. The van der Waals surface area contributed by atoms with Crippen LogP contribution in [-0.2, 0) is 4.79 Å². The molecule has 2 N–H and O–H groups in total. The van der Waals surface area contributed by atoms with Gasteiger partial charge < -0.3 is 10.4 Å². The fourth-order valence-corrected chi connectivity index (χ4v) is 2.38. The van der Waals surface area contributed by atoms with Gasteiger partial charge in [-0.15, -0.1) is 0 Å². The largest absolute Gasteiger partial charge is 0.395 e. The molecule has 2 rings (SSSR count). The number of β-amino-alcohol motifs (C(OH)–C–C–N with tert-alkyl or cyclic N) is 1. The zero-order valence-electron chi connectivity index (χ0n) is 12.0. The Balaban J connectivity index is 1.79. The van der Waals surface area contributed by atoms with E-state index in [1.807, 2.05) is 0 Å². The molecule has 1 amide bonds. The second-order valence-corrected chi connectivity index (χ2v) is 5.08. The van der Waals surface area contributed by atoms with Crippen LogP contribution >= 0.6 is 0 Å². The Morgan fingerprint density at radius 1 is 1.29 bits per heavy atom. The zero-order chi connectivity index (χ0) is 15.1. The van der Waals surface area contributed by atoms with E-state index in [9.17, 15) is 4.79 Å². The second kappa shape index (κ2) is 7.74. The maximum atomic E-state index is 12.0. The minimum absolute atomic E-state index is 0.0688. The van der Waals surface area contributed by atoms with Gasteiger partial charge in [0.2, 0.25) is 5.91 Å². The number of nitriles is 1. The van der Waals surface area contributed by atoms with Gasteiger partial charge in [0.25, 0.3) is 0 Å². The molecule has 0 atom stereocenters. The van der Waals surface area contributed by atoms with Gasteiger partial charge in [0.05, 0.1) is 24.8 Å². The van der Waals surface area contributed by atoms with E-state index in [2.05, 4.69) is 21.2 Å². The molecule has 0 unspecified atom stereocenters. The van der Waals surface area contributed by atoms with Gasteiger partial charge in [0, 0.05) is 38.4 Å². The third-order valence-corrected chi connectivity index (χ3v) is 3.52. The van der Waals surface area contributed by atoms with E-state index in [1.165, 1.54) is 0 Å². The van der Waals surface area contributed by atoms with Gasteiger partial charge in [-0.3, -0.25) is 14.6 Å². The molecular weight excluding hydrogens is 268 g/mol. The number of hydrogen-bond donors (Lipinski definition) is 2. The van der Waals surface area contributed by atoms with Gasteiger partial charge in [-0.1, -0.05) is 6.07 Å². The first kappa shape index (κ1) is 15.4. The molecule has 1 aromatic rings. The lowest BCUT2D eigenvalue weighted by Crippen LogP contribution is -2.49. The van der Waals surface area contributed by atoms with E-state index < -0.39 is 0 Å².